The first-order valence-corrected chi connectivity index (χ1v) is 9.03. The lowest BCUT2D eigenvalue weighted by molar-refractivity contribution is -0.127. The molecule has 1 aliphatic rings. The summed E-state index contributed by atoms with van der Waals surface area (Å²) in [5.74, 6) is -0.0393. The minimum Gasteiger partial charge on any atom is -0.465 e. The second-order valence-electron chi connectivity index (χ2n) is 6.30. The van der Waals surface area contributed by atoms with E-state index in [0.29, 0.717) is 18.7 Å². The average molecular weight is 368 g/mol. The molecule has 0 saturated carbocycles. The van der Waals surface area contributed by atoms with Crippen LogP contribution in [0.1, 0.15) is 12.2 Å². The molecule has 2 N–H and O–H groups in total. The van der Waals surface area contributed by atoms with Crippen molar-refractivity contribution in [2.45, 2.75) is 6.42 Å². The van der Waals surface area contributed by atoms with Gasteiger partial charge in [-0.1, -0.05) is 18.2 Å². The Morgan fingerprint density at radius 3 is 2.48 bits per heavy atom. The molecule has 0 bridgehead atoms. The molecular weight excluding hydrogens is 344 g/mol. The number of hydrogen-bond acceptors (Lipinski definition) is 5. The van der Waals surface area contributed by atoms with Gasteiger partial charge in [0.2, 0.25) is 5.91 Å². The van der Waals surface area contributed by atoms with E-state index < -0.39 is 5.91 Å². The van der Waals surface area contributed by atoms with Gasteiger partial charge in [-0.3, -0.25) is 25.3 Å². The van der Waals surface area contributed by atoms with Crippen LogP contribution in [0.3, 0.4) is 0 Å². The molecule has 0 unspecified atom stereocenters. The zero-order valence-corrected chi connectivity index (χ0v) is 15.1. The summed E-state index contributed by atoms with van der Waals surface area (Å²) in [4.78, 5) is 28.2. The van der Waals surface area contributed by atoms with E-state index in [-0.39, 0.29) is 5.91 Å². The Labute approximate surface area is 158 Å². The minimum absolute atomic E-state index is 0.208. The van der Waals surface area contributed by atoms with Gasteiger partial charge in [-0.2, -0.15) is 0 Å². The molecule has 0 radical (unpaired) electrons. The normalized spacial score (nSPS) is 15.0. The zero-order valence-electron chi connectivity index (χ0n) is 15.1. The molecule has 1 saturated heterocycles. The molecular formula is C20H24N4O3. The number of rotatable bonds is 6. The van der Waals surface area contributed by atoms with Gasteiger partial charge in [0, 0.05) is 50.9 Å². The minimum atomic E-state index is -0.406. The maximum Gasteiger partial charge on any atom is 0.262 e. The van der Waals surface area contributed by atoms with Crippen molar-refractivity contribution in [3.8, 4) is 0 Å². The summed E-state index contributed by atoms with van der Waals surface area (Å²) >= 11 is 0. The van der Waals surface area contributed by atoms with E-state index in [9.17, 15) is 9.59 Å². The molecule has 0 spiro atoms. The third kappa shape index (κ3) is 6.00. The molecule has 27 heavy (non-hydrogen) atoms. The van der Waals surface area contributed by atoms with Crippen molar-refractivity contribution in [2.24, 2.45) is 0 Å². The zero-order chi connectivity index (χ0) is 18.9. The first-order valence-electron chi connectivity index (χ1n) is 9.03. The van der Waals surface area contributed by atoms with Crippen LogP contribution < -0.4 is 15.8 Å². The van der Waals surface area contributed by atoms with Crippen molar-refractivity contribution in [2.75, 3.05) is 37.6 Å². The fraction of sp³-hybridized carbons (Fsp3) is 0.300. The molecule has 0 atom stereocenters. The summed E-state index contributed by atoms with van der Waals surface area (Å²) in [5, 5.41) is 0. The number of furan rings is 1. The highest BCUT2D eigenvalue weighted by Crippen LogP contribution is 2.15. The van der Waals surface area contributed by atoms with Gasteiger partial charge < -0.3 is 9.32 Å². The van der Waals surface area contributed by atoms with E-state index in [1.807, 2.05) is 18.2 Å². The van der Waals surface area contributed by atoms with Crippen LogP contribution in [-0.2, 0) is 9.59 Å². The van der Waals surface area contributed by atoms with Gasteiger partial charge in [0.05, 0.1) is 6.26 Å². The van der Waals surface area contributed by atoms with Gasteiger partial charge in [-0.05, 0) is 30.3 Å². The summed E-state index contributed by atoms with van der Waals surface area (Å²) in [6.07, 6.45) is 4.71. The maximum absolute atomic E-state index is 11.9. The van der Waals surface area contributed by atoms with Gasteiger partial charge in [0.25, 0.3) is 5.91 Å². The monoisotopic (exact) mass is 368 g/mol. The van der Waals surface area contributed by atoms with Crippen LogP contribution in [0.4, 0.5) is 5.69 Å². The van der Waals surface area contributed by atoms with E-state index in [1.54, 1.807) is 12.1 Å². The van der Waals surface area contributed by atoms with Crippen LogP contribution in [0, 0.1) is 0 Å². The standard InChI is InChI=1S/C20H24N4O3/c25-19(9-8-18-7-4-16-27-18)21-22-20(26)10-11-23-12-14-24(15-13-23)17-5-2-1-3-6-17/h1-9,16H,10-15H2,(H,21,25)(H,22,26). The van der Waals surface area contributed by atoms with Crippen LogP contribution in [-0.4, -0.2) is 49.4 Å². The highest BCUT2D eigenvalue weighted by molar-refractivity contribution is 5.92. The Morgan fingerprint density at radius 2 is 1.78 bits per heavy atom. The molecule has 7 nitrogen and oxygen atoms in total. The third-order valence-corrected chi connectivity index (χ3v) is 4.42. The summed E-state index contributed by atoms with van der Waals surface area (Å²) < 4.78 is 5.09. The van der Waals surface area contributed by atoms with Crippen LogP contribution in [0.5, 0.6) is 0 Å². The van der Waals surface area contributed by atoms with Crippen molar-refractivity contribution in [1.82, 2.24) is 15.8 Å². The number of hydrogen-bond donors (Lipinski definition) is 2. The molecule has 7 heteroatoms. The largest absolute Gasteiger partial charge is 0.465 e. The predicted molar refractivity (Wildman–Crippen MR) is 104 cm³/mol. The Balaban J connectivity index is 1.31. The second kappa shape index (κ2) is 9.59. The number of para-hydroxylation sites is 1. The number of carbonyl (C=O) groups is 2. The summed E-state index contributed by atoms with van der Waals surface area (Å²) in [6, 6.07) is 13.8. The molecule has 1 aromatic heterocycles. The molecule has 2 aromatic rings. The molecule has 2 heterocycles. The highest BCUT2D eigenvalue weighted by Gasteiger charge is 2.17. The van der Waals surface area contributed by atoms with Crippen molar-refractivity contribution >= 4 is 23.6 Å². The first-order chi connectivity index (χ1) is 13.2. The average Bonchev–Trinajstić information content (AvgIpc) is 3.24. The van der Waals surface area contributed by atoms with Gasteiger partial charge in [0.1, 0.15) is 5.76 Å². The van der Waals surface area contributed by atoms with Crippen molar-refractivity contribution in [3.63, 3.8) is 0 Å². The fourth-order valence-corrected chi connectivity index (χ4v) is 2.91. The van der Waals surface area contributed by atoms with Crippen molar-refractivity contribution in [3.05, 3.63) is 60.6 Å². The van der Waals surface area contributed by atoms with Crippen LogP contribution in [0.15, 0.2) is 59.2 Å². The molecule has 2 amide bonds. The van der Waals surface area contributed by atoms with Crippen LogP contribution in [0.25, 0.3) is 6.08 Å². The maximum atomic E-state index is 11.9. The quantitative estimate of drug-likeness (QED) is 0.599. The van der Waals surface area contributed by atoms with Gasteiger partial charge >= 0.3 is 0 Å². The van der Waals surface area contributed by atoms with Gasteiger partial charge in [0.15, 0.2) is 0 Å². The van der Waals surface area contributed by atoms with Crippen LogP contribution >= 0.6 is 0 Å². The lowest BCUT2D eigenvalue weighted by atomic mass is 10.2. The predicted octanol–water partition coefficient (Wildman–Crippen LogP) is 1.65. The number of nitrogens with one attached hydrogen (secondary N) is 2. The number of carbonyl (C=O) groups excluding carboxylic acids is 2. The molecule has 3 rings (SSSR count). The first kappa shape index (κ1) is 18.7. The Kier molecular flexibility index (Phi) is 6.65. The lowest BCUT2D eigenvalue weighted by Gasteiger charge is -2.36. The van der Waals surface area contributed by atoms with E-state index in [4.69, 9.17) is 4.42 Å². The smallest absolute Gasteiger partial charge is 0.262 e. The molecule has 1 fully saturated rings. The highest BCUT2D eigenvalue weighted by atomic mass is 16.3. The Bertz CT molecular complexity index is 751. The SMILES string of the molecule is O=C(C=Cc1ccco1)NNC(=O)CCN1CCN(c2ccccc2)CC1. The molecule has 1 aromatic carbocycles. The topological polar surface area (TPSA) is 77.8 Å². The Morgan fingerprint density at radius 1 is 1.00 bits per heavy atom. The fourth-order valence-electron chi connectivity index (χ4n) is 2.91. The van der Waals surface area contributed by atoms with Gasteiger partial charge in [-0.25, -0.2) is 0 Å². The summed E-state index contributed by atoms with van der Waals surface area (Å²) in [6.45, 7) is 4.40. The van der Waals surface area contributed by atoms with E-state index in [1.165, 1.54) is 24.1 Å². The number of piperazine rings is 1. The molecule has 0 aliphatic carbocycles. The number of anilines is 1. The van der Waals surface area contributed by atoms with E-state index >= 15 is 0 Å². The lowest BCUT2D eigenvalue weighted by Crippen LogP contribution is -2.48. The summed E-state index contributed by atoms with van der Waals surface area (Å²) in [7, 11) is 0. The molecule has 1 aliphatic heterocycles. The Hall–Kier alpha value is -3.06. The van der Waals surface area contributed by atoms with Crippen molar-refractivity contribution < 1.29 is 14.0 Å². The van der Waals surface area contributed by atoms with Crippen molar-refractivity contribution in [1.29, 1.82) is 0 Å². The third-order valence-electron chi connectivity index (χ3n) is 4.42. The number of hydrazine groups is 1. The van der Waals surface area contributed by atoms with E-state index in [2.05, 4.69) is 32.8 Å². The number of benzene rings is 1. The second-order valence-corrected chi connectivity index (χ2v) is 6.30. The summed E-state index contributed by atoms with van der Waals surface area (Å²) in [5.41, 5.74) is 6.03. The number of amides is 2. The number of nitrogens with zero attached hydrogens (tertiary/aromatic N) is 2. The van der Waals surface area contributed by atoms with Crippen LogP contribution in [0.2, 0.25) is 0 Å². The van der Waals surface area contributed by atoms with Gasteiger partial charge in [-0.15, -0.1) is 0 Å². The van der Waals surface area contributed by atoms with E-state index in [0.717, 1.165) is 26.2 Å². The molecule has 142 valence electrons.